The molecule has 0 saturated carbocycles. The van der Waals surface area contributed by atoms with Gasteiger partial charge in [0.2, 0.25) is 0 Å². The lowest BCUT2D eigenvalue weighted by molar-refractivity contribution is -0.290. The van der Waals surface area contributed by atoms with Crippen molar-refractivity contribution in [3.63, 3.8) is 0 Å². The van der Waals surface area contributed by atoms with E-state index in [1.807, 2.05) is 19.6 Å². The molecule has 1 aliphatic heterocycles. The summed E-state index contributed by atoms with van der Waals surface area (Å²) in [5, 5.41) is 0. The molecule has 1 aliphatic rings. The highest BCUT2D eigenvalue weighted by molar-refractivity contribution is 6.69. The Hall–Kier alpha value is -1.98. The van der Waals surface area contributed by atoms with Crippen LogP contribution in [0.2, 0.25) is 19.6 Å². The second-order valence-electron chi connectivity index (χ2n) is 7.30. The Morgan fingerprint density at radius 3 is 1.64 bits per heavy atom. The van der Waals surface area contributed by atoms with E-state index in [1.165, 1.54) is 27.7 Å². The third-order valence-electron chi connectivity index (χ3n) is 3.42. The average Bonchev–Trinajstić information content (AvgIpc) is 2.48. The molecule has 1 rings (SSSR count). The molecule has 0 N–H and O–H groups in total. The highest BCUT2D eigenvalue weighted by atomic mass is 28.4. The Morgan fingerprint density at radius 2 is 1.21 bits per heavy atom. The minimum atomic E-state index is -2.21. The van der Waals surface area contributed by atoms with Crippen molar-refractivity contribution < 1.29 is 47.3 Å². The summed E-state index contributed by atoms with van der Waals surface area (Å²) in [6, 6.07) is 0. The molecule has 0 spiro atoms. The molecule has 0 radical (unpaired) electrons. The van der Waals surface area contributed by atoms with Crippen molar-refractivity contribution in [3.05, 3.63) is 0 Å². The first-order valence-corrected chi connectivity index (χ1v) is 12.2. The van der Waals surface area contributed by atoms with E-state index >= 15 is 0 Å². The van der Waals surface area contributed by atoms with Gasteiger partial charge in [0.15, 0.2) is 32.9 Å². The quantitative estimate of drug-likeness (QED) is 0.333. The minimum absolute atomic E-state index is 0.274. The van der Waals surface area contributed by atoms with E-state index < -0.39 is 62.9 Å². The van der Waals surface area contributed by atoms with E-state index in [0.29, 0.717) is 0 Å². The van der Waals surface area contributed by atoms with Crippen LogP contribution in [0.4, 0.5) is 0 Å². The van der Waals surface area contributed by atoms with Crippen LogP contribution in [0.25, 0.3) is 0 Å². The van der Waals surface area contributed by atoms with Gasteiger partial charge in [0.25, 0.3) is 0 Å². The zero-order chi connectivity index (χ0) is 21.6. The molecular formula is C17H28O10Si. The summed E-state index contributed by atoms with van der Waals surface area (Å²) in [6.45, 7) is 10.1. The number of hydrogen-bond donors (Lipinski definition) is 0. The first kappa shape index (κ1) is 24.1. The van der Waals surface area contributed by atoms with Crippen molar-refractivity contribution in [2.45, 2.75) is 78.0 Å². The van der Waals surface area contributed by atoms with Crippen LogP contribution in [-0.4, -0.2) is 69.5 Å². The second kappa shape index (κ2) is 9.98. The van der Waals surface area contributed by atoms with Crippen LogP contribution in [0, 0.1) is 0 Å². The standard InChI is InChI=1S/C17H28O10Si/c1-9(18)22-8-13-14(23-10(2)19)15(24-11(3)20)16(25-12(4)21)17(26-13)27-28(5,6)7/h13-17H,8H2,1-7H3/t13-,14-,15+,16-,17-/m1/s1. The lowest BCUT2D eigenvalue weighted by Crippen LogP contribution is -2.64. The molecule has 1 saturated heterocycles. The Bertz CT molecular complexity index is 599. The Labute approximate surface area is 164 Å². The van der Waals surface area contributed by atoms with E-state index in [1.54, 1.807) is 0 Å². The van der Waals surface area contributed by atoms with Gasteiger partial charge >= 0.3 is 23.9 Å². The van der Waals surface area contributed by atoms with Gasteiger partial charge in [-0.15, -0.1) is 0 Å². The van der Waals surface area contributed by atoms with Crippen molar-refractivity contribution in [2.24, 2.45) is 0 Å². The fourth-order valence-corrected chi connectivity index (χ4v) is 3.52. The lowest BCUT2D eigenvalue weighted by atomic mass is 9.98. The highest BCUT2D eigenvalue weighted by Gasteiger charge is 2.53. The van der Waals surface area contributed by atoms with Crippen molar-refractivity contribution in [3.8, 4) is 0 Å². The van der Waals surface area contributed by atoms with Gasteiger partial charge in [0.05, 0.1) is 0 Å². The van der Waals surface area contributed by atoms with Gasteiger partial charge in [-0.25, -0.2) is 0 Å². The predicted octanol–water partition coefficient (Wildman–Crippen LogP) is 0.921. The summed E-state index contributed by atoms with van der Waals surface area (Å²) >= 11 is 0. The minimum Gasteiger partial charge on any atom is -0.463 e. The van der Waals surface area contributed by atoms with E-state index in [-0.39, 0.29) is 6.61 Å². The highest BCUT2D eigenvalue weighted by Crippen LogP contribution is 2.31. The van der Waals surface area contributed by atoms with Gasteiger partial charge in [0, 0.05) is 27.7 Å². The number of ether oxygens (including phenoxy) is 5. The molecule has 5 atom stereocenters. The van der Waals surface area contributed by atoms with Gasteiger partial charge in [-0.2, -0.15) is 0 Å². The van der Waals surface area contributed by atoms with Crippen LogP contribution >= 0.6 is 0 Å². The fourth-order valence-electron chi connectivity index (χ4n) is 2.63. The Kier molecular flexibility index (Phi) is 8.58. The van der Waals surface area contributed by atoms with Crippen LogP contribution in [0.1, 0.15) is 27.7 Å². The van der Waals surface area contributed by atoms with Gasteiger partial charge in [-0.3, -0.25) is 19.2 Å². The molecule has 28 heavy (non-hydrogen) atoms. The van der Waals surface area contributed by atoms with Crippen molar-refractivity contribution in [2.75, 3.05) is 6.61 Å². The van der Waals surface area contributed by atoms with Gasteiger partial charge < -0.3 is 28.1 Å². The van der Waals surface area contributed by atoms with Gasteiger partial charge in [0.1, 0.15) is 12.7 Å². The zero-order valence-corrected chi connectivity index (χ0v) is 18.2. The molecular weight excluding hydrogens is 392 g/mol. The van der Waals surface area contributed by atoms with Crippen LogP contribution in [0.5, 0.6) is 0 Å². The second-order valence-corrected chi connectivity index (χ2v) is 11.8. The van der Waals surface area contributed by atoms with E-state index in [0.717, 1.165) is 0 Å². The molecule has 0 aliphatic carbocycles. The molecule has 160 valence electrons. The summed E-state index contributed by atoms with van der Waals surface area (Å²) in [5.74, 6) is -2.59. The van der Waals surface area contributed by atoms with Crippen molar-refractivity contribution in [1.29, 1.82) is 0 Å². The monoisotopic (exact) mass is 420 g/mol. The number of hydrogen-bond acceptors (Lipinski definition) is 10. The molecule has 0 amide bonds. The topological polar surface area (TPSA) is 124 Å². The van der Waals surface area contributed by atoms with E-state index in [4.69, 9.17) is 28.1 Å². The first-order chi connectivity index (χ1) is 12.8. The zero-order valence-electron chi connectivity index (χ0n) is 17.2. The predicted molar refractivity (Wildman–Crippen MR) is 96.4 cm³/mol. The maximum Gasteiger partial charge on any atom is 0.303 e. The molecule has 1 fully saturated rings. The third kappa shape index (κ3) is 7.95. The van der Waals surface area contributed by atoms with Crippen molar-refractivity contribution in [1.82, 2.24) is 0 Å². The molecule has 0 bridgehead atoms. The SMILES string of the molecule is CC(=O)OC[C@H]1O[C@H](O[Si](C)(C)C)[C@H](OC(C)=O)[C@@H](OC(C)=O)[C@@H]1OC(C)=O. The fraction of sp³-hybridized carbons (Fsp3) is 0.765. The maximum atomic E-state index is 11.7. The summed E-state index contributed by atoms with van der Waals surface area (Å²) < 4.78 is 32.7. The molecule has 0 aromatic carbocycles. The number of rotatable bonds is 7. The normalized spacial score (nSPS) is 27.5. The maximum absolute atomic E-state index is 11.7. The van der Waals surface area contributed by atoms with Gasteiger partial charge in [-0.1, -0.05) is 0 Å². The number of esters is 4. The van der Waals surface area contributed by atoms with Crippen LogP contribution in [-0.2, 0) is 47.3 Å². The summed E-state index contributed by atoms with van der Waals surface area (Å²) in [4.78, 5) is 46.2. The summed E-state index contributed by atoms with van der Waals surface area (Å²) in [5.41, 5.74) is 0. The van der Waals surface area contributed by atoms with Crippen LogP contribution in [0.15, 0.2) is 0 Å². The van der Waals surface area contributed by atoms with Crippen LogP contribution < -0.4 is 0 Å². The number of carbonyl (C=O) groups excluding carboxylic acids is 4. The van der Waals surface area contributed by atoms with Crippen LogP contribution in [0.3, 0.4) is 0 Å². The summed E-state index contributed by atoms with van der Waals surface area (Å²) in [6.07, 6.45) is -5.66. The molecule has 0 aromatic rings. The lowest BCUT2D eigenvalue weighted by Gasteiger charge is -2.45. The largest absolute Gasteiger partial charge is 0.463 e. The third-order valence-corrected chi connectivity index (χ3v) is 4.36. The van der Waals surface area contributed by atoms with E-state index in [9.17, 15) is 19.2 Å². The average molecular weight is 420 g/mol. The molecule has 1 heterocycles. The van der Waals surface area contributed by atoms with Crippen molar-refractivity contribution >= 4 is 32.2 Å². The molecule has 0 unspecified atom stereocenters. The smallest absolute Gasteiger partial charge is 0.303 e. The van der Waals surface area contributed by atoms with E-state index in [2.05, 4.69) is 0 Å². The Balaban J connectivity index is 3.33. The van der Waals surface area contributed by atoms with Gasteiger partial charge in [-0.05, 0) is 19.6 Å². The molecule has 0 aromatic heterocycles. The molecule has 11 heteroatoms. The first-order valence-electron chi connectivity index (χ1n) is 8.78. The summed E-state index contributed by atoms with van der Waals surface area (Å²) in [7, 11) is -2.21. The molecule has 10 nitrogen and oxygen atoms in total. The Morgan fingerprint density at radius 1 is 0.750 bits per heavy atom. The number of carbonyl (C=O) groups is 4.